The van der Waals surface area contributed by atoms with E-state index in [0.29, 0.717) is 5.56 Å². The summed E-state index contributed by atoms with van der Waals surface area (Å²) in [6.07, 6.45) is 0. The van der Waals surface area contributed by atoms with Crippen LogP contribution in [0.4, 0.5) is 0 Å². The van der Waals surface area contributed by atoms with E-state index in [-0.39, 0.29) is 0 Å². The average Bonchev–Trinajstić information content (AvgIpc) is 2.17. The van der Waals surface area contributed by atoms with Gasteiger partial charge in [-0.3, -0.25) is 0 Å². The van der Waals surface area contributed by atoms with Crippen molar-refractivity contribution >= 4 is 8.38 Å². The zero-order valence-electron chi connectivity index (χ0n) is 7.21. The van der Waals surface area contributed by atoms with E-state index >= 15 is 0 Å². The van der Waals surface area contributed by atoms with Crippen LogP contribution in [0.25, 0.3) is 0 Å². The molecule has 1 unspecified atom stereocenters. The number of rotatable bonds is 3. The Balaban J connectivity index is 2.79. The number of benzene rings is 1. The molecule has 0 heterocycles. The number of hydrogen-bond acceptors (Lipinski definition) is 4. The number of nitrogens with two attached hydrogens (primary N) is 1. The Morgan fingerprint density at radius 3 is 2.23 bits per heavy atom. The van der Waals surface area contributed by atoms with E-state index in [9.17, 15) is 0 Å². The van der Waals surface area contributed by atoms with E-state index in [0.717, 1.165) is 5.75 Å². The fourth-order valence-electron chi connectivity index (χ4n) is 0.934. The Bertz CT molecular complexity index is 263. The topological polar surface area (TPSA) is 75.7 Å². The largest absolute Gasteiger partial charge is 0.497 e. The molecule has 0 fully saturated rings. The molecule has 4 nitrogen and oxygen atoms in total. The summed E-state index contributed by atoms with van der Waals surface area (Å²) in [5.41, 5.74) is 6.21. The van der Waals surface area contributed by atoms with Crippen LogP contribution < -0.4 is 10.5 Å². The van der Waals surface area contributed by atoms with Crippen LogP contribution in [0.1, 0.15) is 11.3 Å². The lowest BCUT2D eigenvalue weighted by atomic mass is 10.2. The van der Waals surface area contributed by atoms with Gasteiger partial charge in [-0.15, -0.1) is 0 Å². The fourth-order valence-corrected chi connectivity index (χ4v) is 1.37. The molecule has 1 atom stereocenters. The van der Waals surface area contributed by atoms with Gasteiger partial charge >= 0.3 is 0 Å². The van der Waals surface area contributed by atoms with Gasteiger partial charge in [0.25, 0.3) is 0 Å². The van der Waals surface area contributed by atoms with Gasteiger partial charge in [0.15, 0.2) is 8.38 Å². The Kier molecular flexibility index (Phi) is 3.63. The minimum Gasteiger partial charge on any atom is -0.497 e. The van der Waals surface area contributed by atoms with Crippen LogP contribution in [0.2, 0.25) is 0 Å². The van der Waals surface area contributed by atoms with Crippen molar-refractivity contribution in [2.45, 2.75) is 5.78 Å². The van der Waals surface area contributed by atoms with E-state index in [1.54, 1.807) is 31.4 Å². The molecule has 4 N–H and O–H groups in total. The molecule has 0 aliphatic rings. The van der Waals surface area contributed by atoms with E-state index in [4.69, 9.17) is 20.3 Å². The highest BCUT2D eigenvalue weighted by molar-refractivity contribution is 7.45. The van der Waals surface area contributed by atoms with Crippen LogP contribution in [0.15, 0.2) is 24.3 Å². The van der Waals surface area contributed by atoms with Gasteiger partial charge in [-0.05, 0) is 17.7 Å². The molecule has 0 spiro atoms. The van der Waals surface area contributed by atoms with Gasteiger partial charge in [-0.2, -0.15) is 0 Å². The molecule has 0 radical (unpaired) electrons. The first-order valence-electron chi connectivity index (χ1n) is 3.71. The van der Waals surface area contributed by atoms with Crippen molar-refractivity contribution in [2.24, 2.45) is 5.73 Å². The number of ether oxygens (including phenoxy) is 1. The maximum atomic E-state index is 8.86. The highest BCUT2D eigenvalue weighted by Crippen LogP contribution is 2.39. The summed E-state index contributed by atoms with van der Waals surface area (Å²) in [6.45, 7) is 0. The second-order valence-electron chi connectivity index (χ2n) is 2.54. The molecular formula is C8H12NO3P. The molecule has 13 heavy (non-hydrogen) atoms. The lowest BCUT2D eigenvalue weighted by Gasteiger charge is -2.12. The van der Waals surface area contributed by atoms with Crippen molar-refractivity contribution in [3.63, 3.8) is 0 Å². The highest BCUT2D eigenvalue weighted by atomic mass is 31.2. The second kappa shape index (κ2) is 4.53. The van der Waals surface area contributed by atoms with E-state index in [1.807, 2.05) is 0 Å². The normalized spacial score (nSPS) is 13.0. The molecule has 0 amide bonds. The van der Waals surface area contributed by atoms with Crippen LogP contribution >= 0.6 is 8.38 Å². The van der Waals surface area contributed by atoms with Crippen LogP contribution in [-0.2, 0) is 0 Å². The van der Waals surface area contributed by atoms with Gasteiger partial charge < -0.3 is 20.3 Å². The number of hydrogen-bond donors (Lipinski definition) is 3. The summed E-state index contributed by atoms with van der Waals surface area (Å²) in [5, 5.41) is 0. The standard InChI is InChI=1S/C8H12NO3P/c1-12-7-4-2-6(3-5-7)8(9)13(10)11/h2-5,8,10-11H,9H2,1H3. The van der Waals surface area contributed by atoms with Gasteiger partial charge in [-0.25, -0.2) is 0 Å². The van der Waals surface area contributed by atoms with Gasteiger partial charge in [0.2, 0.25) is 0 Å². The molecule has 1 aromatic rings. The quantitative estimate of drug-likeness (QED) is 0.636. The third kappa shape index (κ3) is 2.64. The lowest BCUT2D eigenvalue weighted by molar-refractivity contribution is 0.414. The molecule has 1 aromatic carbocycles. The molecule has 0 aliphatic heterocycles. The Hall–Kier alpha value is -0.670. The average molecular weight is 201 g/mol. The molecule has 0 aliphatic carbocycles. The van der Waals surface area contributed by atoms with Crippen molar-refractivity contribution < 1.29 is 14.5 Å². The molecule has 0 saturated carbocycles. The molecule has 1 rings (SSSR count). The maximum absolute atomic E-state index is 8.86. The van der Waals surface area contributed by atoms with Crippen molar-refractivity contribution in [2.75, 3.05) is 7.11 Å². The Morgan fingerprint density at radius 1 is 1.31 bits per heavy atom. The van der Waals surface area contributed by atoms with Crippen molar-refractivity contribution in [1.29, 1.82) is 0 Å². The molecular weight excluding hydrogens is 189 g/mol. The minimum absolute atomic E-state index is 0.692. The minimum atomic E-state index is -2.11. The predicted molar refractivity (Wildman–Crippen MR) is 51.3 cm³/mol. The van der Waals surface area contributed by atoms with Crippen LogP contribution in [-0.4, -0.2) is 16.9 Å². The third-order valence-corrected chi connectivity index (χ3v) is 2.50. The van der Waals surface area contributed by atoms with Crippen LogP contribution in [0, 0.1) is 0 Å². The summed E-state index contributed by atoms with van der Waals surface area (Å²) in [5.74, 6) is 0.0112. The molecule has 72 valence electrons. The van der Waals surface area contributed by atoms with Gasteiger partial charge in [0.1, 0.15) is 11.5 Å². The van der Waals surface area contributed by atoms with Gasteiger partial charge in [-0.1, -0.05) is 12.1 Å². The van der Waals surface area contributed by atoms with E-state index in [2.05, 4.69) is 0 Å². The summed E-state index contributed by atoms with van der Waals surface area (Å²) < 4.78 is 4.95. The number of methoxy groups -OCH3 is 1. The molecule has 0 saturated heterocycles. The first-order chi connectivity index (χ1) is 6.15. The Labute approximate surface area is 77.9 Å². The first kappa shape index (κ1) is 10.4. The lowest BCUT2D eigenvalue weighted by Crippen LogP contribution is -2.07. The Morgan fingerprint density at radius 2 is 1.85 bits per heavy atom. The summed E-state index contributed by atoms with van der Waals surface area (Å²) in [4.78, 5) is 17.7. The first-order valence-corrected chi connectivity index (χ1v) is 5.03. The summed E-state index contributed by atoms with van der Waals surface area (Å²) in [6, 6.07) is 6.89. The monoisotopic (exact) mass is 201 g/mol. The van der Waals surface area contributed by atoms with E-state index in [1.165, 1.54) is 0 Å². The predicted octanol–water partition coefficient (Wildman–Crippen LogP) is 0.949. The van der Waals surface area contributed by atoms with Crippen molar-refractivity contribution in [3.8, 4) is 5.75 Å². The summed E-state index contributed by atoms with van der Waals surface area (Å²) in [7, 11) is -0.546. The van der Waals surface area contributed by atoms with Crippen molar-refractivity contribution in [3.05, 3.63) is 29.8 Å². The van der Waals surface area contributed by atoms with Gasteiger partial charge in [0.05, 0.1) is 7.11 Å². The van der Waals surface area contributed by atoms with E-state index < -0.39 is 14.2 Å². The molecule has 5 heteroatoms. The SMILES string of the molecule is COc1ccc(C(N)P(O)O)cc1. The zero-order chi connectivity index (χ0) is 9.84. The zero-order valence-corrected chi connectivity index (χ0v) is 8.11. The summed E-state index contributed by atoms with van der Waals surface area (Å²) >= 11 is 0. The van der Waals surface area contributed by atoms with Crippen molar-refractivity contribution in [1.82, 2.24) is 0 Å². The molecule has 0 bridgehead atoms. The second-order valence-corrected chi connectivity index (χ2v) is 3.74. The van der Waals surface area contributed by atoms with Gasteiger partial charge in [0, 0.05) is 0 Å². The van der Waals surface area contributed by atoms with Crippen LogP contribution in [0.5, 0.6) is 5.75 Å². The molecule has 0 aromatic heterocycles. The van der Waals surface area contributed by atoms with Crippen LogP contribution in [0.3, 0.4) is 0 Å². The maximum Gasteiger partial charge on any atom is 0.187 e. The fraction of sp³-hybridized carbons (Fsp3) is 0.250. The highest BCUT2D eigenvalue weighted by Gasteiger charge is 2.14. The third-order valence-electron chi connectivity index (χ3n) is 1.71. The smallest absolute Gasteiger partial charge is 0.187 e.